The van der Waals surface area contributed by atoms with Crippen molar-refractivity contribution in [1.82, 2.24) is 4.98 Å². The molecule has 1 unspecified atom stereocenters. The normalized spacial score (nSPS) is 12.6. The Morgan fingerprint density at radius 1 is 1.50 bits per heavy atom. The molecule has 3 nitrogen and oxygen atoms in total. The van der Waals surface area contributed by atoms with Gasteiger partial charge in [-0.1, -0.05) is 6.07 Å². The van der Waals surface area contributed by atoms with Crippen molar-refractivity contribution in [3.63, 3.8) is 0 Å². The maximum Gasteiger partial charge on any atom is 0.128 e. The number of aliphatic hydroxyl groups excluding tert-OH is 1. The summed E-state index contributed by atoms with van der Waals surface area (Å²) in [7, 11) is 1.99. The number of nitrogens with zero attached hydrogens (tertiary/aromatic N) is 2. The van der Waals surface area contributed by atoms with Crippen LogP contribution in [-0.4, -0.2) is 29.8 Å². The number of aryl methyl sites for hydroxylation is 1. The molecule has 0 fully saturated rings. The Balaban J connectivity index is 2.56. The van der Waals surface area contributed by atoms with Crippen LogP contribution in [0.1, 0.15) is 19.0 Å². The second kappa shape index (κ2) is 4.96. The SMILES string of the molecule is Cc1cccc(N(C)CCC(C)O)n1. The molecule has 1 aromatic heterocycles. The fraction of sp³-hybridized carbons (Fsp3) is 0.545. The van der Waals surface area contributed by atoms with Gasteiger partial charge in [0.05, 0.1) is 6.10 Å². The second-order valence-corrected chi connectivity index (χ2v) is 3.70. The van der Waals surface area contributed by atoms with Gasteiger partial charge in [-0.2, -0.15) is 0 Å². The van der Waals surface area contributed by atoms with Crippen LogP contribution in [0.15, 0.2) is 18.2 Å². The predicted octanol–water partition coefficient (Wildman–Crippen LogP) is 1.60. The topological polar surface area (TPSA) is 36.4 Å². The predicted molar refractivity (Wildman–Crippen MR) is 58.5 cm³/mol. The molecule has 0 radical (unpaired) electrons. The molecule has 0 bridgehead atoms. The average Bonchev–Trinajstić information content (AvgIpc) is 2.14. The first-order valence-corrected chi connectivity index (χ1v) is 4.92. The van der Waals surface area contributed by atoms with Gasteiger partial charge in [0.25, 0.3) is 0 Å². The minimum absolute atomic E-state index is 0.248. The van der Waals surface area contributed by atoms with E-state index in [0.717, 1.165) is 24.5 Å². The van der Waals surface area contributed by atoms with Crippen LogP contribution in [0.25, 0.3) is 0 Å². The van der Waals surface area contributed by atoms with Crippen molar-refractivity contribution in [3.8, 4) is 0 Å². The Kier molecular flexibility index (Phi) is 3.89. The van der Waals surface area contributed by atoms with Crippen molar-refractivity contribution in [2.45, 2.75) is 26.4 Å². The molecule has 14 heavy (non-hydrogen) atoms. The number of pyridine rings is 1. The van der Waals surface area contributed by atoms with Crippen LogP contribution in [0.2, 0.25) is 0 Å². The van der Waals surface area contributed by atoms with Crippen LogP contribution in [-0.2, 0) is 0 Å². The first-order valence-electron chi connectivity index (χ1n) is 4.92. The van der Waals surface area contributed by atoms with Crippen LogP contribution in [0.3, 0.4) is 0 Å². The summed E-state index contributed by atoms with van der Waals surface area (Å²) in [4.78, 5) is 6.45. The summed E-state index contributed by atoms with van der Waals surface area (Å²) < 4.78 is 0. The molecule has 1 rings (SSSR count). The van der Waals surface area contributed by atoms with E-state index >= 15 is 0 Å². The van der Waals surface area contributed by atoms with E-state index in [1.54, 1.807) is 6.92 Å². The van der Waals surface area contributed by atoms with Crippen LogP contribution < -0.4 is 4.90 Å². The molecule has 1 atom stereocenters. The highest BCUT2D eigenvalue weighted by atomic mass is 16.3. The molecule has 0 aromatic carbocycles. The van der Waals surface area contributed by atoms with Crippen LogP contribution in [0.5, 0.6) is 0 Å². The van der Waals surface area contributed by atoms with Crippen molar-refractivity contribution in [2.24, 2.45) is 0 Å². The summed E-state index contributed by atoms with van der Waals surface area (Å²) in [6.07, 6.45) is 0.522. The van der Waals surface area contributed by atoms with Crippen LogP contribution in [0.4, 0.5) is 5.82 Å². The third kappa shape index (κ3) is 3.34. The fourth-order valence-electron chi connectivity index (χ4n) is 1.24. The zero-order valence-corrected chi connectivity index (χ0v) is 9.07. The van der Waals surface area contributed by atoms with Crippen LogP contribution in [0, 0.1) is 6.92 Å². The highest BCUT2D eigenvalue weighted by molar-refractivity contribution is 5.37. The molecule has 0 aliphatic heterocycles. The lowest BCUT2D eigenvalue weighted by atomic mass is 10.2. The van der Waals surface area contributed by atoms with Crippen molar-refractivity contribution in [2.75, 3.05) is 18.5 Å². The van der Waals surface area contributed by atoms with Crippen LogP contribution >= 0.6 is 0 Å². The monoisotopic (exact) mass is 194 g/mol. The van der Waals surface area contributed by atoms with Gasteiger partial charge in [-0.3, -0.25) is 0 Å². The van der Waals surface area contributed by atoms with Gasteiger partial charge in [0.1, 0.15) is 5.82 Å². The quantitative estimate of drug-likeness (QED) is 0.791. The van der Waals surface area contributed by atoms with Gasteiger partial charge in [-0.05, 0) is 32.4 Å². The van der Waals surface area contributed by atoms with Crippen molar-refractivity contribution in [3.05, 3.63) is 23.9 Å². The Hall–Kier alpha value is -1.09. The van der Waals surface area contributed by atoms with E-state index < -0.39 is 0 Å². The molecule has 1 aromatic rings. The zero-order valence-electron chi connectivity index (χ0n) is 9.07. The van der Waals surface area contributed by atoms with E-state index in [1.807, 2.05) is 32.2 Å². The molecule has 1 heterocycles. The molecule has 0 spiro atoms. The fourth-order valence-corrected chi connectivity index (χ4v) is 1.24. The van der Waals surface area contributed by atoms with E-state index in [-0.39, 0.29) is 6.10 Å². The minimum Gasteiger partial charge on any atom is -0.393 e. The molecule has 1 N–H and O–H groups in total. The van der Waals surface area contributed by atoms with E-state index in [1.165, 1.54) is 0 Å². The highest BCUT2D eigenvalue weighted by Crippen LogP contribution is 2.09. The van der Waals surface area contributed by atoms with Crippen molar-refractivity contribution >= 4 is 5.82 Å². The number of hydrogen-bond acceptors (Lipinski definition) is 3. The van der Waals surface area contributed by atoms with Gasteiger partial charge in [0.2, 0.25) is 0 Å². The Morgan fingerprint density at radius 2 is 2.21 bits per heavy atom. The standard InChI is InChI=1S/C11H18N2O/c1-9-5-4-6-11(12-9)13(3)8-7-10(2)14/h4-6,10,14H,7-8H2,1-3H3. The molecule has 0 amide bonds. The first kappa shape index (κ1) is 11.0. The summed E-state index contributed by atoms with van der Waals surface area (Å²) in [6, 6.07) is 5.96. The van der Waals surface area contributed by atoms with Gasteiger partial charge in [-0.15, -0.1) is 0 Å². The second-order valence-electron chi connectivity index (χ2n) is 3.70. The number of hydrogen-bond donors (Lipinski definition) is 1. The van der Waals surface area contributed by atoms with Crippen molar-refractivity contribution < 1.29 is 5.11 Å². The maximum absolute atomic E-state index is 9.16. The summed E-state index contributed by atoms with van der Waals surface area (Å²) in [5.74, 6) is 0.964. The van der Waals surface area contributed by atoms with Crippen molar-refractivity contribution in [1.29, 1.82) is 0 Å². The summed E-state index contributed by atoms with van der Waals surface area (Å²) in [6.45, 7) is 4.61. The summed E-state index contributed by atoms with van der Waals surface area (Å²) >= 11 is 0. The maximum atomic E-state index is 9.16. The van der Waals surface area contributed by atoms with E-state index in [9.17, 15) is 0 Å². The molecule has 0 saturated carbocycles. The van der Waals surface area contributed by atoms with Gasteiger partial charge >= 0.3 is 0 Å². The summed E-state index contributed by atoms with van der Waals surface area (Å²) in [5.41, 5.74) is 1.02. The lowest BCUT2D eigenvalue weighted by molar-refractivity contribution is 0.187. The molecule has 0 aliphatic rings. The average molecular weight is 194 g/mol. The lowest BCUT2D eigenvalue weighted by Crippen LogP contribution is -2.22. The Morgan fingerprint density at radius 3 is 2.79 bits per heavy atom. The highest BCUT2D eigenvalue weighted by Gasteiger charge is 2.03. The van der Waals surface area contributed by atoms with E-state index in [0.29, 0.717) is 0 Å². The Bertz CT molecular complexity index is 286. The molecular formula is C11H18N2O. The largest absolute Gasteiger partial charge is 0.393 e. The first-order chi connectivity index (χ1) is 6.59. The third-order valence-electron chi connectivity index (χ3n) is 2.15. The smallest absolute Gasteiger partial charge is 0.128 e. The summed E-state index contributed by atoms with van der Waals surface area (Å²) in [5, 5.41) is 9.16. The molecule has 3 heteroatoms. The van der Waals surface area contributed by atoms with Gasteiger partial charge in [0, 0.05) is 19.3 Å². The van der Waals surface area contributed by atoms with E-state index in [4.69, 9.17) is 5.11 Å². The zero-order chi connectivity index (χ0) is 10.6. The number of anilines is 1. The van der Waals surface area contributed by atoms with Gasteiger partial charge in [-0.25, -0.2) is 4.98 Å². The third-order valence-corrected chi connectivity index (χ3v) is 2.15. The molecule has 0 saturated heterocycles. The van der Waals surface area contributed by atoms with E-state index in [2.05, 4.69) is 9.88 Å². The molecular weight excluding hydrogens is 176 g/mol. The molecule has 0 aliphatic carbocycles. The van der Waals surface area contributed by atoms with Gasteiger partial charge in [0.15, 0.2) is 0 Å². The number of aromatic nitrogens is 1. The minimum atomic E-state index is -0.248. The lowest BCUT2D eigenvalue weighted by Gasteiger charge is -2.19. The molecule has 78 valence electrons. The number of rotatable bonds is 4. The van der Waals surface area contributed by atoms with Gasteiger partial charge < -0.3 is 10.0 Å². The Labute approximate surface area is 85.4 Å². The number of aliphatic hydroxyl groups is 1.